The lowest BCUT2D eigenvalue weighted by Crippen LogP contribution is -2.18. The maximum absolute atomic E-state index is 7.45. The fourth-order valence-corrected chi connectivity index (χ4v) is 10.0. The fourth-order valence-electron chi connectivity index (χ4n) is 6.98. The molecule has 2 atom stereocenters. The summed E-state index contributed by atoms with van der Waals surface area (Å²) in [7, 11) is 0.378. The summed E-state index contributed by atoms with van der Waals surface area (Å²) in [5.41, 5.74) is 13.6. The molecular formula is C40H28Cl2O2Si. The van der Waals surface area contributed by atoms with Gasteiger partial charge < -0.3 is 8.83 Å². The Morgan fingerprint density at radius 2 is 0.956 bits per heavy atom. The lowest BCUT2D eigenvalue weighted by atomic mass is 9.94. The molecule has 0 spiro atoms. The molecule has 8 rings (SSSR count). The molecule has 2 unspecified atom stereocenters. The summed E-state index contributed by atoms with van der Waals surface area (Å²) >= 11 is 14.9. The van der Waals surface area contributed by atoms with Crippen LogP contribution in [-0.2, 0) is 0 Å². The number of furan rings is 2. The van der Waals surface area contributed by atoms with E-state index >= 15 is 0 Å². The molecule has 2 nitrogen and oxygen atoms in total. The van der Waals surface area contributed by atoms with Crippen molar-refractivity contribution in [2.45, 2.75) is 24.9 Å². The van der Waals surface area contributed by atoms with Gasteiger partial charge >= 0.3 is 0 Å². The highest BCUT2D eigenvalue weighted by Gasteiger charge is 2.42. The van der Waals surface area contributed by atoms with Crippen molar-refractivity contribution in [2.24, 2.45) is 0 Å². The van der Waals surface area contributed by atoms with Gasteiger partial charge in [0.05, 0.1) is 32.1 Å². The second-order valence-electron chi connectivity index (χ2n) is 11.7. The van der Waals surface area contributed by atoms with Crippen LogP contribution in [0.1, 0.15) is 56.0 Å². The SMILES string of the molecule is Cc1cc(-c2ccccc2)c2c(c1)C([Si]C1C(c3ccco3)=C(Cl)c3c(-c4ccccc4)cc(C)cc31)C(c1ccco1)=C2Cl. The zero-order chi connectivity index (χ0) is 30.7. The molecule has 45 heavy (non-hydrogen) atoms. The largest absolute Gasteiger partial charge is 0.465 e. The van der Waals surface area contributed by atoms with Crippen LogP contribution in [0.25, 0.3) is 43.5 Å². The van der Waals surface area contributed by atoms with E-state index in [1.54, 1.807) is 12.5 Å². The number of hydrogen-bond acceptors (Lipinski definition) is 2. The number of benzene rings is 4. The summed E-state index contributed by atoms with van der Waals surface area (Å²) in [6.45, 7) is 4.33. The first-order chi connectivity index (χ1) is 22.0. The Hall–Kier alpha value is -4.28. The van der Waals surface area contributed by atoms with E-state index in [1.165, 1.54) is 22.3 Å². The van der Waals surface area contributed by atoms with E-state index in [0.29, 0.717) is 9.52 Å². The molecule has 0 amide bonds. The normalized spacial score (nSPS) is 17.2. The average molecular weight is 640 g/mol. The monoisotopic (exact) mass is 638 g/mol. The van der Waals surface area contributed by atoms with Crippen LogP contribution < -0.4 is 0 Å². The van der Waals surface area contributed by atoms with E-state index < -0.39 is 0 Å². The zero-order valence-electron chi connectivity index (χ0n) is 24.8. The first kappa shape index (κ1) is 28.2. The summed E-state index contributed by atoms with van der Waals surface area (Å²) < 4.78 is 12.2. The molecule has 0 saturated carbocycles. The smallest absolute Gasteiger partial charge is 0.131 e. The number of hydrogen-bond donors (Lipinski definition) is 0. The third-order valence-electron chi connectivity index (χ3n) is 8.81. The standard InChI is InChI=1S/C40H28Cl2O2Si/c1-23-19-27(25-11-5-3-6-12-25)33-29(21-23)39(35(37(33)41)31-15-9-17-43-31)45-40-30-22-24(2)20-28(26-13-7-4-8-14-26)34(30)38(42)36(40)32-16-10-18-44-32/h3-22,39-40H,1-2H3. The maximum atomic E-state index is 7.45. The quantitative estimate of drug-likeness (QED) is 0.170. The highest BCUT2D eigenvalue weighted by atomic mass is 35.5. The van der Waals surface area contributed by atoms with Crippen molar-refractivity contribution in [2.75, 3.05) is 0 Å². The summed E-state index contributed by atoms with van der Waals surface area (Å²) in [6.07, 6.45) is 3.45. The molecule has 0 bridgehead atoms. The third-order valence-corrected chi connectivity index (χ3v) is 11.5. The molecule has 0 N–H and O–H groups in total. The Morgan fingerprint density at radius 1 is 0.533 bits per heavy atom. The molecule has 6 aromatic rings. The summed E-state index contributed by atoms with van der Waals surface area (Å²) in [6, 6.07) is 38.0. The van der Waals surface area contributed by atoms with Crippen molar-refractivity contribution in [3.05, 3.63) is 167 Å². The second kappa shape index (κ2) is 11.3. The van der Waals surface area contributed by atoms with Gasteiger partial charge in [0, 0.05) is 33.4 Å². The molecule has 4 aromatic carbocycles. The van der Waals surface area contributed by atoms with Gasteiger partial charge in [-0.2, -0.15) is 0 Å². The summed E-state index contributed by atoms with van der Waals surface area (Å²) in [4.78, 5) is 0. The van der Waals surface area contributed by atoms with Crippen LogP contribution in [0.15, 0.2) is 131 Å². The Kier molecular flexibility index (Phi) is 7.06. The molecule has 2 radical (unpaired) electrons. The Labute approximate surface area is 275 Å². The highest BCUT2D eigenvalue weighted by molar-refractivity contribution is 6.61. The van der Waals surface area contributed by atoms with E-state index in [9.17, 15) is 0 Å². The van der Waals surface area contributed by atoms with Crippen molar-refractivity contribution in [3.63, 3.8) is 0 Å². The topological polar surface area (TPSA) is 26.3 Å². The predicted molar refractivity (Wildman–Crippen MR) is 187 cm³/mol. The van der Waals surface area contributed by atoms with Gasteiger partial charge in [0.25, 0.3) is 0 Å². The van der Waals surface area contributed by atoms with Crippen molar-refractivity contribution in [3.8, 4) is 22.3 Å². The molecule has 0 fully saturated rings. The van der Waals surface area contributed by atoms with Crippen molar-refractivity contribution >= 4 is 53.9 Å². The first-order valence-electron chi connectivity index (χ1n) is 15.0. The molecule has 2 aliphatic carbocycles. The van der Waals surface area contributed by atoms with Crippen LogP contribution in [0, 0.1) is 13.8 Å². The molecule has 0 aliphatic heterocycles. The summed E-state index contributed by atoms with van der Waals surface area (Å²) in [5, 5.41) is 1.50. The van der Waals surface area contributed by atoms with Crippen molar-refractivity contribution in [1.82, 2.24) is 0 Å². The fraction of sp³-hybridized carbons (Fsp3) is 0.100. The first-order valence-corrected chi connectivity index (χ1v) is 16.9. The van der Waals surface area contributed by atoms with E-state index in [0.717, 1.165) is 66.1 Å². The van der Waals surface area contributed by atoms with E-state index in [2.05, 4.69) is 86.6 Å². The van der Waals surface area contributed by atoms with Crippen LogP contribution in [0.3, 0.4) is 0 Å². The lowest BCUT2D eigenvalue weighted by Gasteiger charge is -2.23. The van der Waals surface area contributed by atoms with Crippen LogP contribution in [0.4, 0.5) is 0 Å². The second-order valence-corrected chi connectivity index (χ2v) is 14.0. The third kappa shape index (κ3) is 4.69. The molecule has 5 heteroatoms. The highest BCUT2D eigenvalue weighted by Crippen LogP contribution is 2.57. The molecule has 2 aromatic heterocycles. The van der Waals surface area contributed by atoms with E-state index in [1.807, 2.05) is 36.4 Å². The molecule has 218 valence electrons. The Balaban J connectivity index is 1.35. The van der Waals surface area contributed by atoms with Gasteiger partial charge in [0.1, 0.15) is 11.5 Å². The number of aryl methyl sites for hydroxylation is 2. The number of fused-ring (bicyclic) bond motifs is 2. The van der Waals surface area contributed by atoms with Gasteiger partial charge in [-0.3, -0.25) is 0 Å². The zero-order valence-corrected chi connectivity index (χ0v) is 27.3. The van der Waals surface area contributed by atoms with Gasteiger partial charge in [-0.1, -0.05) is 119 Å². The average Bonchev–Trinajstić information content (AvgIpc) is 3.86. The minimum Gasteiger partial charge on any atom is -0.465 e. The number of halogens is 2. The van der Waals surface area contributed by atoms with Gasteiger partial charge in [0.15, 0.2) is 0 Å². The number of allylic oxidation sites excluding steroid dienone is 2. The minimum absolute atomic E-state index is 0.00733. The Morgan fingerprint density at radius 3 is 1.33 bits per heavy atom. The summed E-state index contributed by atoms with van der Waals surface area (Å²) in [5.74, 6) is 1.60. The predicted octanol–water partition coefficient (Wildman–Crippen LogP) is 11.6. The van der Waals surface area contributed by atoms with Crippen LogP contribution in [0.5, 0.6) is 0 Å². The molecule has 2 heterocycles. The Bertz CT molecular complexity index is 1960. The van der Waals surface area contributed by atoms with Gasteiger partial charge in [-0.05, 0) is 71.5 Å². The lowest BCUT2D eigenvalue weighted by molar-refractivity contribution is 0.550. The minimum atomic E-state index is -0.00733. The molecular weight excluding hydrogens is 611 g/mol. The van der Waals surface area contributed by atoms with Gasteiger partial charge in [0.2, 0.25) is 0 Å². The van der Waals surface area contributed by atoms with Crippen molar-refractivity contribution < 1.29 is 8.83 Å². The van der Waals surface area contributed by atoms with Crippen LogP contribution >= 0.6 is 23.2 Å². The van der Waals surface area contributed by atoms with E-state index in [-0.39, 0.29) is 11.1 Å². The van der Waals surface area contributed by atoms with E-state index in [4.69, 9.17) is 32.0 Å². The van der Waals surface area contributed by atoms with Gasteiger partial charge in [-0.15, -0.1) is 0 Å². The van der Waals surface area contributed by atoms with Crippen molar-refractivity contribution in [1.29, 1.82) is 0 Å². The van der Waals surface area contributed by atoms with Crippen LogP contribution in [-0.4, -0.2) is 9.52 Å². The van der Waals surface area contributed by atoms with Crippen LogP contribution in [0.2, 0.25) is 0 Å². The molecule has 2 aliphatic rings. The van der Waals surface area contributed by atoms with Gasteiger partial charge in [-0.25, -0.2) is 0 Å². The maximum Gasteiger partial charge on any atom is 0.131 e. The molecule has 0 saturated heterocycles. The number of rotatable bonds is 6.